The van der Waals surface area contributed by atoms with E-state index in [9.17, 15) is 0 Å². The van der Waals surface area contributed by atoms with Crippen LogP contribution in [0.1, 0.15) is 0 Å². The van der Waals surface area contributed by atoms with Crippen LogP contribution in [0.5, 0.6) is 0 Å². The van der Waals surface area contributed by atoms with Gasteiger partial charge in [-0.3, -0.25) is 0 Å². The number of hydrogen-bond donors (Lipinski definition) is 0. The Hall–Kier alpha value is 3.47. The molecule has 0 aromatic heterocycles. The van der Waals surface area contributed by atoms with Gasteiger partial charge < -0.3 is 0 Å². The average Bonchev–Trinajstić information content (AvgIpc) is 0.918. The Labute approximate surface area is 86.5 Å². The molecule has 0 N–H and O–H groups in total. The third kappa shape index (κ3) is 18.6. The molecule has 0 aliphatic heterocycles. The van der Waals surface area contributed by atoms with E-state index < -0.39 is 0 Å². The standard InChI is InChI=1S/2Au.3Pd. The fourth-order valence-corrected chi connectivity index (χ4v) is 0. The average molecular weight is 713 g/mol. The van der Waals surface area contributed by atoms with E-state index in [1.54, 1.807) is 0 Å². The summed E-state index contributed by atoms with van der Waals surface area (Å²) in [7, 11) is 0. The second-order valence-corrected chi connectivity index (χ2v) is 11.4. The summed E-state index contributed by atoms with van der Waals surface area (Å²) in [6, 6.07) is 0. The van der Waals surface area contributed by atoms with Crippen molar-refractivity contribution in [1.82, 2.24) is 0 Å². The monoisotopic (exact) mass is 712 g/mol. The third-order valence-electron chi connectivity index (χ3n) is 0. The Bertz CT molecular complexity index is 4.85. The minimum atomic E-state index is 0. The van der Waals surface area contributed by atoms with E-state index in [1.165, 1.54) is 0 Å². The summed E-state index contributed by atoms with van der Waals surface area (Å²) < 4.78 is 0. The topological polar surface area (TPSA) is 0 Å². The van der Waals surface area contributed by atoms with Gasteiger partial charge in [0.15, 0.2) is 0 Å². The summed E-state index contributed by atoms with van der Waals surface area (Å²) in [5, 5.41) is 0. The molecule has 0 saturated carbocycles. The molecule has 0 aliphatic carbocycles. The molecule has 0 bridgehead atoms. The van der Waals surface area contributed by atoms with Gasteiger partial charge in [-0.05, 0) is 0 Å². The fourth-order valence-electron chi connectivity index (χ4n) is 0. The van der Waals surface area contributed by atoms with Crippen LogP contribution < -0.4 is 0 Å². The van der Waals surface area contributed by atoms with Gasteiger partial charge in [0, 0.05) is 40.8 Å². The van der Waals surface area contributed by atoms with Gasteiger partial charge in [0.05, 0.1) is 0 Å². The maximum atomic E-state index is 2.45. The molecule has 0 nitrogen and oxygen atoms in total. The van der Waals surface area contributed by atoms with Gasteiger partial charge >= 0.3 is 47.7 Å². The van der Waals surface area contributed by atoms with Crippen molar-refractivity contribution in [2.24, 2.45) is 0 Å². The van der Waals surface area contributed by atoms with E-state index >= 15 is 0 Å². The van der Waals surface area contributed by atoms with Crippen LogP contribution in [0.2, 0.25) is 0 Å². The molecule has 52 valence electrons. The molecule has 0 saturated heterocycles. The fraction of sp³-hybridized carbons (Fsp3) is 0. The van der Waals surface area contributed by atoms with Gasteiger partial charge in [-0.2, -0.15) is 0 Å². The van der Waals surface area contributed by atoms with Crippen LogP contribution in [0.3, 0.4) is 0 Å². The zero-order valence-electron chi connectivity index (χ0n) is 1.55. The maximum absolute atomic E-state index is 2.45. The van der Waals surface area contributed by atoms with E-state index in [-0.39, 0.29) is 40.8 Å². The molecule has 0 heterocycles. The smallest absolute Gasteiger partial charge is 0 e. The second-order valence-electron chi connectivity index (χ2n) is 0.0287. The molecule has 0 rings (SSSR count). The summed E-state index contributed by atoms with van der Waals surface area (Å²) in [6.45, 7) is 0. The molecule has 0 unspecified atom stereocenters. The number of hydrogen-bond acceptors (Lipinski definition) is 0. The minimum Gasteiger partial charge on any atom is 0 e. The normalized spacial score (nSPS) is 4.80. The van der Waals surface area contributed by atoms with Gasteiger partial charge in [-0.25, -0.2) is 0 Å². The van der Waals surface area contributed by atoms with Crippen LogP contribution in [-0.2, 0) is 88.6 Å². The molecule has 0 atom stereocenters. The molecule has 0 aromatic carbocycles. The van der Waals surface area contributed by atoms with Crippen LogP contribution >= 0.6 is 0 Å². The summed E-state index contributed by atoms with van der Waals surface area (Å²) >= 11 is 5.74. The van der Waals surface area contributed by atoms with E-state index in [1.807, 2.05) is 0 Å². The first-order valence-electron chi connectivity index (χ1n) is 0.191. The first-order valence-corrected chi connectivity index (χ1v) is 9.23. The molecule has 5 heteroatoms. The van der Waals surface area contributed by atoms with Crippen molar-refractivity contribution in [3.63, 3.8) is 0 Å². The molecule has 5 heavy (non-hydrogen) atoms. The van der Waals surface area contributed by atoms with E-state index in [0.29, 0.717) is 0 Å². The van der Waals surface area contributed by atoms with Crippen molar-refractivity contribution in [3.8, 4) is 0 Å². The van der Waals surface area contributed by atoms with Gasteiger partial charge in [0.1, 0.15) is 0 Å². The minimum absolute atomic E-state index is 0. The Kier molecular flexibility index (Phi) is 49.4. The molecule has 0 spiro atoms. The van der Waals surface area contributed by atoms with Gasteiger partial charge in [-0.15, -0.1) is 0 Å². The van der Waals surface area contributed by atoms with Crippen molar-refractivity contribution >= 4 is 0 Å². The Morgan fingerprint density at radius 3 is 1.00 bits per heavy atom. The predicted molar refractivity (Wildman–Crippen MR) is 0 cm³/mol. The zero-order chi connectivity index (χ0) is 2.71. The summed E-state index contributed by atoms with van der Waals surface area (Å²) in [4.78, 5) is 0. The van der Waals surface area contributed by atoms with Crippen molar-refractivity contribution in [3.05, 3.63) is 0 Å². The zero-order valence-corrected chi connectivity index (χ0v) is 10.5. The first kappa shape index (κ1) is 15.8. The van der Waals surface area contributed by atoms with Crippen LogP contribution in [0.15, 0.2) is 0 Å². The maximum Gasteiger partial charge on any atom is 0 e. The molecule has 0 fully saturated rings. The van der Waals surface area contributed by atoms with E-state index in [2.05, 4.69) is 36.2 Å². The quantitative estimate of drug-likeness (QED) is 0.311. The van der Waals surface area contributed by atoms with Gasteiger partial charge in [-0.1, -0.05) is 0 Å². The first-order chi connectivity index (χ1) is 1.41. The van der Waals surface area contributed by atoms with Crippen molar-refractivity contribution in [1.29, 1.82) is 0 Å². The van der Waals surface area contributed by atoms with Crippen molar-refractivity contribution in [2.75, 3.05) is 0 Å². The van der Waals surface area contributed by atoms with Crippen LogP contribution in [0.25, 0.3) is 0 Å². The molecule has 0 radical (unpaired) electrons. The largest absolute Gasteiger partial charge is 0 e. The van der Waals surface area contributed by atoms with Crippen molar-refractivity contribution < 1.29 is 88.6 Å². The Morgan fingerprint density at radius 1 is 1.00 bits per heavy atom. The molecular weight excluding hydrogens is 713 g/mol. The Balaban J connectivity index is -0.0000000200. The van der Waals surface area contributed by atoms with E-state index in [4.69, 9.17) is 0 Å². The SMILES string of the molecule is [Au][Pd][Au].[Pd].[Pd]. The summed E-state index contributed by atoms with van der Waals surface area (Å²) in [5.41, 5.74) is 0. The predicted octanol–water partition coefficient (Wildman–Crippen LogP) is -0.0125. The number of rotatable bonds is 0. The Morgan fingerprint density at radius 2 is 1.00 bits per heavy atom. The molecule has 0 aromatic rings. The summed E-state index contributed by atoms with van der Waals surface area (Å²) in [5.74, 6) is 0. The van der Waals surface area contributed by atoms with Gasteiger partial charge in [0.2, 0.25) is 0 Å². The van der Waals surface area contributed by atoms with Crippen LogP contribution in [-0.4, -0.2) is 0 Å². The molecule has 0 aliphatic rings. The van der Waals surface area contributed by atoms with Crippen LogP contribution in [0.4, 0.5) is 0 Å². The van der Waals surface area contributed by atoms with Gasteiger partial charge in [0.25, 0.3) is 0 Å². The molecular formula is Au2Pd3. The van der Waals surface area contributed by atoms with Crippen molar-refractivity contribution in [2.45, 2.75) is 0 Å². The van der Waals surface area contributed by atoms with Crippen LogP contribution in [0, 0.1) is 0 Å². The third-order valence-corrected chi connectivity index (χ3v) is 0. The molecule has 0 amide bonds. The summed E-state index contributed by atoms with van der Waals surface area (Å²) in [6.07, 6.45) is 0. The van der Waals surface area contributed by atoms with E-state index in [0.717, 1.165) is 11.5 Å². The second kappa shape index (κ2) is 15.7.